The maximum absolute atomic E-state index is 11.6. The van der Waals surface area contributed by atoms with Crippen LogP contribution in [0.2, 0.25) is 0 Å². The molecule has 0 radical (unpaired) electrons. The quantitative estimate of drug-likeness (QED) is 0.722. The molecule has 1 saturated heterocycles. The molecule has 3 N–H and O–H groups in total. The molecule has 1 rings (SSSR count). The van der Waals surface area contributed by atoms with Crippen LogP contribution in [-0.2, 0) is 4.79 Å². The fourth-order valence-corrected chi connectivity index (χ4v) is 2.30. The number of rotatable bonds is 7. The van der Waals surface area contributed by atoms with E-state index < -0.39 is 0 Å². The summed E-state index contributed by atoms with van der Waals surface area (Å²) in [7, 11) is 0. The Kier molecular flexibility index (Phi) is 8.01. The first kappa shape index (κ1) is 15.4. The van der Waals surface area contributed by atoms with Crippen LogP contribution >= 0.6 is 0 Å². The molecule has 0 aromatic carbocycles. The lowest BCUT2D eigenvalue weighted by molar-refractivity contribution is -0.121. The third-order valence-corrected chi connectivity index (χ3v) is 3.72. The summed E-state index contributed by atoms with van der Waals surface area (Å²) in [4.78, 5) is 14.1. The van der Waals surface area contributed by atoms with Crippen molar-refractivity contribution in [1.29, 1.82) is 0 Å². The maximum Gasteiger partial charge on any atom is 0.220 e. The van der Waals surface area contributed by atoms with Gasteiger partial charge < -0.3 is 16.0 Å². The van der Waals surface area contributed by atoms with Crippen molar-refractivity contribution in [3.63, 3.8) is 0 Å². The molecule has 0 aromatic heterocycles. The zero-order valence-corrected chi connectivity index (χ0v) is 11.8. The number of carbonyl (C=O) groups is 1. The molecule has 1 heterocycles. The van der Waals surface area contributed by atoms with Gasteiger partial charge in [0.25, 0.3) is 0 Å². The Morgan fingerprint density at radius 2 is 1.94 bits per heavy atom. The fourth-order valence-electron chi connectivity index (χ4n) is 2.30. The Balaban J connectivity index is 2.03. The van der Waals surface area contributed by atoms with Crippen molar-refractivity contribution in [2.75, 3.05) is 32.7 Å². The Morgan fingerprint density at radius 1 is 1.28 bits per heavy atom. The van der Waals surface area contributed by atoms with Crippen LogP contribution in [-0.4, -0.2) is 43.5 Å². The molecule has 1 aliphatic rings. The van der Waals surface area contributed by atoms with Gasteiger partial charge in [-0.15, -0.1) is 0 Å². The predicted octanol–water partition coefficient (Wildman–Crippen LogP) is 1.35. The molecule has 0 spiro atoms. The summed E-state index contributed by atoms with van der Waals surface area (Å²) in [6.07, 6.45) is 6.84. The second kappa shape index (κ2) is 9.34. The van der Waals surface area contributed by atoms with Crippen LogP contribution in [0.4, 0.5) is 0 Å². The van der Waals surface area contributed by atoms with Crippen LogP contribution in [0, 0.1) is 5.92 Å². The van der Waals surface area contributed by atoms with Gasteiger partial charge in [-0.2, -0.15) is 0 Å². The van der Waals surface area contributed by atoms with Gasteiger partial charge >= 0.3 is 0 Å². The third-order valence-electron chi connectivity index (χ3n) is 3.72. The predicted molar refractivity (Wildman–Crippen MR) is 75.4 cm³/mol. The zero-order valence-electron chi connectivity index (χ0n) is 11.8. The highest BCUT2D eigenvalue weighted by atomic mass is 16.1. The van der Waals surface area contributed by atoms with E-state index >= 15 is 0 Å². The van der Waals surface area contributed by atoms with Crippen molar-refractivity contribution in [2.24, 2.45) is 11.7 Å². The Morgan fingerprint density at radius 3 is 2.56 bits per heavy atom. The van der Waals surface area contributed by atoms with Gasteiger partial charge in [-0.3, -0.25) is 4.79 Å². The van der Waals surface area contributed by atoms with Crippen LogP contribution in [0.5, 0.6) is 0 Å². The first-order valence-corrected chi connectivity index (χ1v) is 7.41. The van der Waals surface area contributed by atoms with E-state index in [9.17, 15) is 4.79 Å². The molecule has 4 heteroatoms. The summed E-state index contributed by atoms with van der Waals surface area (Å²) in [6, 6.07) is 0. The zero-order chi connectivity index (χ0) is 13.2. The van der Waals surface area contributed by atoms with Crippen molar-refractivity contribution in [2.45, 2.75) is 45.4 Å². The van der Waals surface area contributed by atoms with Crippen LogP contribution in [0.3, 0.4) is 0 Å². The van der Waals surface area contributed by atoms with Crippen LogP contribution < -0.4 is 11.1 Å². The van der Waals surface area contributed by atoms with Crippen molar-refractivity contribution in [3.8, 4) is 0 Å². The van der Waals surface area contributed by atoms with Crippen molar-refractivity contribution < 1.29 is 4.79 Å². The lowest BCUT2D eigenvalue weighted by Gasteiger charge is -2.19. The van der Waals surface area contributed by atoms with Crippen LogP contribution in [0.1, 0.15) is 45.4 Å². The number of amides is 1. The Bertz CT molecular complexity index is 225. The normalized spacial score (nSPS) is 19.2. The van der Waals surface area contributed by atoms with Crippen molar-refractivity contribution in [1.82, 2.24) is 10.2 Å². The smallest absolute Gasteiger partial charge is 0.220 e. The van der Waals surface area contributed by atoms with Crippen LogP contribution in [0.15, 0.2) is 0 Å². The average molecular weight is 255 g/mol. The van der Waals surface area contributed by atoms with Gasteiger partial charge in [-0.25, -0.2) is 0 Å². The standard InChI is InChI=1S/C14H29N3O/c1-13(12-15)6-7-14(18)16-8-11-17-9-4-2-3-5-10-17/h13H,2-12,15H2,1H3,(H,16,18). The molecule has 0 aromatic rings. The van der Waals surface area contributed by atoms with Crippen LogP contribution in [0.25, 0.3) is 0 Å². The number of nitrogens with zero attached hydrogens (tertiary/aromatic N) is 1. The van der Waals surface area contributed by atoms with E-state index in [2.05, 4.69) is 17.1 Å². The number of hydrogen-bond acceptors (Lipinski definition) is 3. The molecule has 1 fully saturated rings. The highest BCUT2D eigenvalue weighted by Gasteiger charge is 2.09. The first-order valence-electron chi connectivity index (χ1n) is 7.41. The average Bonchev–Trinajstić information content (AvgIpc) is 2.64. The van der Waals surface area contributed by atoms with Gasteiger partial charge in [0, 0.05) is 19.5 Å². The summed E-state index contributed by atoms with van der Waals surface area (Å²) in [6.45, 7) is 6.93. The second-order valence-electron chi connectivity index (χ2n) is 5.49. The van der Waals surface area contributed by atoms with E-state index in [1.807, 2.05) is 0 Å². The minimum atomic E-state index is 0.171. The molecule has 1 unspecified atom stereocenters. The van der Waals surface area contributed by atoms with E-state index in [1.54, 1.807) is 0 Å². The summed E-state index contributed by atoms with van der Waals surface area (Å²) >= 11 is 0. The number of nitrogens with one attached hydrogen (secondary N) is 1. The van der Waals surface area contributed by atoms with Crippen molar-refractivity contribution >= 4 is 5.91 Å². The SMILES string of the molecule is CC(CN)CCC(=O)NCCN1CCCCCC1. The van der Waals surface area contributed by atoms with Gasteiger partial charge in [0.15, 0.2) is 0 Å². The van der Waals surface area contributed by atoms with E-state index in [1.165, 1.54) is 38.8 Å². The summed E-state index contributed by atoms with van der Waals surface area (Å²) in [5.74, 6) is 0.617. The first-order chi connectivity index (χ1) is 8.72. The van der Waals surface area contributed by atoms with Gasteiger partial charge in [0.1, 0.15) is 0 Å². The topological polar surface area (TPSA) is 58.4 Å². The number of carbonyl (C=O) groups excluding carboxylic acids is 1. The summed E-state index contributed by atoms with van der Waals surface area (Å²) in [5.41, 5.74) is 5.53. The highest BCUT2D eigenvalue weighted by molar-refractivity contribution is 5.75. The van der Waals surface area contributed by atoms with Gasteiger partial charge in [0.05, 0.1) is 0 Å². The minimum absolute atomic E-state index is 0.171. The third kappa shape index (κ3) is 6.97. The molecule has 18 heavy (non-hydrogen) atoms. The Hall–Kier alpha value is -0.610. The lowest BCUT2D eigenvalue weighted by Crippen LogP contribution is -2.35. The number of hydrogen-bond donors (Lipinski definition) is 2. The lowest BCUT2D eigenvalue weighted by atomic mass is 10.1. The molecule has 1 atom stereocenters. The Labute approximate surface area is 111 Å². The largest absolute Gasteiger partial charge is 0.355 e. The fraction of sp³-hybridized carbons (Fsp3) is 0.929. The van der Waals surface area contributed by atoms with Crippen molar-refractivity contribution in [3.05, 3.63) is 0 Å². The van der Waals surface area contributed by atoms with Gasteiger partial charge in [-0.05, 0) is 44.8 Å². The number of likely N-dealkylation sites (tertiary alicyclic amines) is 1. The summed E-state index contributed by atoms with van der Waals surface area (Å²) < 4.78 is 0. The molecule has 0 saturated carbocycles. The van der Waals surface area contributed by atoms with Gasteiger partial charge in [0.2, 0.25) is 5.91 Å². The molecule has 106 valence electrons. The maximum atomic E-state index is 11.6. The second-order valence-corrected chi connectivity index (χ2v) is 5.49. The molecule has 1 aliphatic heterocycles. The molecular formula is C14H29N3O. The molecule has 4 nitrogen and oxygen atoms in total. The highest BCUT2D eigenvalue weighted by Crippen LogP contribution is 2.08. The van der Waals surface area contributed by atoms with E-state index in [4.69, 9.17) is 5.73 Å². The van der Waals surface area contributed by atoms with Gasteiger partial charge in [-0.1, -0.05) is 19.8 Å². The molecule has 0 aliphatic carbocycles. The van der Waals surface area contributed by atoms with E-state index in [0.717, 1.165) is 19.5 Å². The molecule has 0 bridgehead atoms. The van der Waals surface area contributed by atoms with E-state index in [-0.39, 0.29) is 5.91 Å². The minimum Gasteiger partial charge on any atom is -0.355 e. The number of nitrogens with two attached hydrogens (primary N) is 1. The molecular weight excluding hydrogens is 226 g/mol. The monoisotopic (exact) mass is 255 g/mol. The molecule has 1 amide bonds. The van der Waals surface area contributed by atoms with E-state index in [0.29, 0.717) is 18.9 Å². The summed E-state index contributed by atoms with van der Waals surface area (Å²) in [5, 5.41) is 3.01.